The third-order valence-electron chi connectivity index (χ3n) is 11.8. The van der Waals surface area contributed by atoms with E-state index in [1.54, 1.807) is 0 Å². The summed E-state index contributed by atoms with van der Waals surface area (Å²) in [7, 11) is 0. The zero-order valence-corrected chi connectivity index (χ0v) is 31.9. The van der Waals surface area contributed by atoms with Crippen molar-refractivity contribution in [2.75, 3.05) is 4.90 Å². The molecule has 57 heavy (non-hydrogen) atoms. The van der Waals surface area contributed by atoms with Crippen molar-refractivity contribution in [1.29, 1.82) is 0 Å². The summed E-state index contributed by atoms with van der Waals surface area (Å²) in [5.74, 6) is 0. The molecule has 1 heteroatoms. The van der Waals surface area contributed by atoms with Gasteiger partial charge >= 0.3 is 0 Å². The molecule has 1 unspecified atom stereocenters. The second-order valence-electron chi connectivity index (χ2n) is 15.0. The van der Waals surface area contributed by atoms with Crippen LogP contribution in [0.2, 0.25) is 0 Å². The van der Waals surface area contributed by atoms with E-state index in [-0.39, 0.29) is 5.41 Å². The number of para-hydroxylation sites is 1. The monoisotopic (exact) mass is 727 g/mol. The van der Waals surface area contributed by atoms with Gasteiger partial charge in [0.05, 0.1) is 5.69 Å². The van der Waals surface area contributed by atoms with E-state index in [9.17, 15) is 0 Å². The van der Waals surface area contributed by atoms with Crippen molar-refractivity contribution in [1.82, 2.24) is 0 Å². The molecule has 0 amide bonds. The van der Waals surface area contributed by atoms with Crippen molar-refractivity contribution in [2.45, 2.75) is 12.3 Å². The van der Waals surface area contributed by atoms with Crippen molar-refractivity contribution < 1.29 is 0 Å². The average molecular weight is 728 g/mol. The highest BCUT2D eigenvalue weighted by Crippen LogP contribution is 2.54. The molecule has 1 atom stereocenters. The summed E-state index contributed by atoms with van der Waals surface area (Å²) in [4.78, 5) is 2.47. The highest BCUT2D eigenvalue weighted by atomic mass is 15.1. The van der Waals surface area contributed by atoms with Crippen molar-refractivity contribution in [2.24, 2.45) is 0 Å². The summed E-state index contributed by atoms with van der Waals surface area (Å²) < 4.78 is 0. The van der Waals surface area contributed by atoms with Gasteiger partial charge in [-0.3, -0.25) is 0 Å². The van der Waals surface area contributed by atoms with Crippen LogP contribution in [0.15, 0.2) is 231 Å². The summed E-state index contributed by atoms with van der Waals surface area (Å²) in [5, 5.41) is 0. The van der Waals surface area contributed by atoms with Crippen LogP contribution >= 0.6 is 0 Å². The number of benzene rings is 9. The van der Waals surface area contributed by atoms with Crippen LogP contribution in [-0.4, -0.2) is 0 Å². The van der Waals surface area contributed by atoms with Crippen molar-refractivity contribution in [3.63, 3.8) is 0 Å². The average Bonchev–Trinajstić information content (AvgIpc) is 3.55. The predicted molar refractivity (Wildman–Crippen MR) is 240 cm³/mol. The molecule has 0 aromatic heterocycles. The van der Waals surface area contributed by atoms with Crippen molar-refractivity contribution in [3.05, 3.63) is 247 Å². The van der Waals surface area contributed by atoms with E-state index in [0.29, 0.717) is 0 Å². The van der Waals surface area contributed by atoms with Crippen LogP contribution in [0, 0.1) is 0 Å². The molecule has 10 rings (SSSR count). The molecule has 0 aliphatic heterocycles. The Morgan fingerprint density at radius 3 is 1.47 bits per heavy atom. The first-order chi connectivity index (χ1) is 28.2. The third kappa shape index (κ3) is 5.96. The minimum atomic E-state index is -0.325. The third-order valence-corrected chi connectivity index (χ3v) is 11.8. The Hall–Kier alpha value is -7.22. The fraction of sp³-hybridized carbons (Fsp3) is 0.0357. The Kier molecular flexibility index (Phi) is 8.69. The number of fused-ring (bicyclic) bond motifs is 3. The predicted octanol–water partition coefficient (Wildman–Crippen LogP) is 15.2. The maximum absolute atomic E-state index is 2.47. The lowest BCUT2D eigenvalue weighted by atomic mass is 9.74. The Bertz CT molecular complexity index is 2860. The molecule has 9 aromatic carbocycles. The summed E-state index contributed by atoms with van der Waals surface area (Å²) in [6, 6.07) is 84.0. The Labute approximate surface area is 335 Å². The van der Waals surface area contributed by atoms with Gasteiger partial charge in [0.1, 0.15) is 0 Å². The summed E-state index contributed by atoms with van der Waals surface area (Å²) in [6.45, 7) is 2.39. The number of hydrogen-bond acceptors (Lipinski definition) is 1. The standard InChI is InChI=1S/C56H41N/c1-56(43-25-9-4-10-26-43)53-34-17-15-32-50(53)51-37-36-45(39-54(51)56)57(44-27-19-24-42(38-44)40-20-5-2-6-21-40)55-35-18-16-33-52(55)49-31-14-13-30-48(49)47-29-12-11-28-46(47)41-22-7-3-8-23-41/h2-39H,1H3. The van der Waals surface area contributed by atoms with E-state index in [2.05, 4.69) is 242 Å². The molecule has 270 valence electrons. The molecule has 0 saturated heterocycles. The van der Waals surface area contributed by atoms with Crippen LogP contribution < -0.4 is 4.90 Å². The van der Waals surface area contributed by atoms with Crippen LogP contribution in [0.25, 0.3) is 55.6 Å². The second-order valence-corrected chi connectivity index (χ2v) is 15.0. The van der Waals surface area contributed by atoms with Crippen LogP contribution in [-0.2, 0) is 5.41 Å². The minimum absolute atomic E-state index is 0.325. The fourth-order valence-electron chi connectivity index (χ4n) is 9.02. The highest BCUT2D eigenvalue weighted by Gasteiger charge is 2.41. The smallest absolute Gasteiger partial charge is 0.0540 e. The molecule has 1 aliphatic rings. The zero-order chi connectivity index (χ0) is 38.2. The van der Waals surface area contributed by atoms with Crippen molar-refractivity contribution in [3.8, 4) is 55.6 Å². The van der Waals surface area contributed by atoms with Crippen LogP contribution in [0.4, 0.5) is 17.1 Å². The summed E-state index contributed by atoms with van der Waals surface area (Å²) in [6.07, 6.45) is 0. The molecule has 0 fully saturated rings. The van der Waals surface area contributed by atoms with Crippen LogP contribution in [0.1, 0.15) is 23.6 Å². The molecule has 0 radical (unpaired) electrons. The zero-order valence-electron chi connectivity index (χ0n) is 31.9. The lowest BCUT2D eigenvalue weighted by molar-refractivity contribution is 0.714. The summed E-state index contributed by atoms with van der Waals surface area (Å²) >= 11 is 0. The van der Waals surface area contributed by atoms with Gasteiger partial charge in [0.15, 0.2) is 0 Å². The Morgan fingerprint density at radius 2 is 0.772 bits per heavy atom. The molecule has 0 saturated carbocycles. The molecule has 0 spiro atoms. The number of anilines is 3. The number of nitrogens with zero attached hydrogens (tertiary/aromatic N) is 1. The maximum Gasteiger partial charge on any atom is 0.0540 e. The Balaban J connectivity index is 1.21. The first-order valence-corrected chi connectivity index (χ1v) is 19.8. The molecular weight excluding hydrogens is 687 g/mol. The summed E-state index contributed by atoms with van der Waals surface area (Å²) in [5.41, 5.74) is 19.1. The van der Waals surface area contributed by atoms with E-state index in [1.807, 2.05) is 0 Å². The van der Waals surface area contributed by atoms with Gasteiger partial charge in [-0.25, -0.2) is 0 Å². The van der Waals surface area contributed by atoms with Gasteiger partial charge in [-0.2, -0.15) is 0 Å². The molecule has 1 nitrogen and oxygen atoms in total. The second kappa shape index (κ2) is 14.5. The van der Waals surface area contributed by atoms with Gasteiger partial charge in [-0.05, 0) is 104 Å². The topological polar surface area (TPSA) is 3.24 Å². The molecular formula is C56H41N. The SMILES string of the molecule is CC1(c2ccccc2)c2ccccc2-c2ccc(N(c3cccc(-c4ccccc4)c3)c3ccccc3-c3ccccc3-c3ccccc3-c3ccccc3)cc21. The van der Waals surface area contributed by atoms with Gasteiger partial charge in [0.2, 0.25) is 0 Å². The number of hydrogen-bond donors (Lipinski definition) is 0. The van der Waals surface area contributed by atoms with Gasteiger partial charge < -0.3 is 4.90 Å². The first-order valence-electron chi connectivity index (χ1n) is 19.8. The van der Waals surface area contributed by atoms with Gasteiger partial charge in [0.25, 0.3) is 0 Å². The van der Waals surface area contributed by atoms with Gasteiger partial charge in [-0.15, -0.1) is 0 Å². The van der Waals surface area contributed by atoms with Gasteiger partial charge in [0, 0.05) is 22.4 Å². The number of rotatable bonds is 8. The lowest BCUT2D eigenvalue weighted by Crippen LogP contribution is -2.23. The lowest BCUT2D eigenvalue weighted by Gasteiger charge is -2.32. The molecule has 1 aliphatic carbocycles. The van der Waals surface area contributed by atoms with Crippen LogP contribution in [0.3, 0.4) is 0 Å². The van der Waals surface area contributed by atoms with Crippen LogP contribution in [0.5, 0.6) is 0 Å². The molecule has 9 aromatic rings. The molecule has 0 bridgehead atoms. The van der Waals surface area contributed by atoms with E-state index < -0.39 is 0 Å². The first kappa shape index (κ1) is 34.3. The fourth-order valence-corrected chi connectivity index (χ4v) is 9.02. The molecule has 0 N–H and O–H groups in total. The van der Waals surface area contributed by atoms with Gasteiger partial charge in [-0.1, -0.05) is 200 Å². The quantitative estimate of drug-likeness (QED) is 0.151. The highest BCUT2D eigenvalue weighted by molar-refractivity contribution is 5.98. The minimum Gasteiger partial charge on any atom is -0.310 e. The van der Waals surface area contributed by atoms with E-state index in [4.69, 9.17) is 0 Å². The van der Waals surface area contributed by atoms with Crippen molar-refractivity contribution >= 4 is 17.1 Å². The van der Waals surface area contributed by atoms with E-state index in [0.717, 1.165) is 22.6 Å². The Morgan fingerprint density at radius 1 is 0.298 bits per heavy atom. The normalized spacial score (nSPS) is 14.1. The largest absolute Gasteiger partial charge is 0.310 e. The maximum atomic E-state index is 2.47. The van der Waals surface area contributed by atoms with E-state index >= 15 is 0 Å². The molecule has 0 heterocycles. The van der Waals surface area contributed by atoms with E-state index in [1.165, 1.54) is 66.8 Å².